The van der Waals surface area contributed by atoms with E-state index in [0.29, 0.717) is 11.7 Å². The zero-order valence-electron chi connectivity index (χ0n) is 12.7. The number of nitrogens with one attached hydrogen (secondary N) is 1. The highest BCUT2D eigenvalue weighted by Crippen LogP contribution is 2.29. The largest absolute Gasteiger partial charge is 0.337 e. The van der Waals surface area contributed by atoms with Gasteiger partial charge >= 0.3 is 0 Å². The third kappa shape index (κ3) is 4.25. The van der Waals surface area contributed by atoms with E-state index in [9.17, 15) is 10.1 Å². The van der Waals surface area contributed by atoms with Crippen LogP contribution in [0.2, 0.25) is 0 Å². The number of carbonyl (C=O) groups is 1. The lowest BCUT2D eigenvalue weighted by Gasteiger charge is -2.21. The molecule has 1 aromatic rings. The van der Waals surface area contributed by atoms with Crippen LogP contribution < -0.4 is 5.32 Å². The molecule has 4 heteroatoms. The first-order valence-electron chi connectivity index (χ1n) is 7.50. The van der Waals surface area contributed by atoms with Gasteiger partial charge in [0.05, 0.1) is 11.8 Å². The van der Waals surface area contributed by atoms with Crippen LogP contribution in [0.5, 0.6) is 0 Å². The van der Waals surface area contributed by atoms with Gasteiger partial charge in [-0.25, -0.2) is 0 Å². The number of benzene rings is 1. The predicted molar refractivity (Wildman–Crippen MR) is 86.2 cm³/mol. The Morgan fingerprint density at radius 2 is 1.95 bits per heavy atom. The second-order valence-electron chi connectivity index (χ2n) is 5.96. The van der Waals surface area contributed by atoms with Gasteiger partial charge in [0.2, 0.25) is 5.91 Å². The molecule has 0 unspecified atom stereocenters. The van der Waals surface area contributed by atoms with E-state index in [4.69, 9.17) is 0 Å². The maximum absolute atomic E-state index is 12.0. The van der Waals surface area contributed by atoms with Crippen molar-refractivity contribution in [1.29, 1.82) is 5.26 Å². The first-order chi connectivity index (χ1) is 10.0. The second-order valence-corrected chi connectivity index (χ2v) is 7.01. The van der Waals surface area contributed by atoms with Crippen molar-refractivity contribution in [2.45, 2.75) is 55.9 Å². The Balaban J connectivity index is 1.85. The third-order valence-corrected chi connectivity index (χ3v) is 4.98. The Kier molecular flexibility index (Phi) is 5.30. The van der Waals surface area contributed by atoms with Gasteiger partial charge in [0.15, 0.2) is 0 Å². The highest BCUT2D eigenvalue weighted by Gasteiger charge is 2.35. The molecule has 0 heterocycles. The average molecular weight is 302 g/mol. The monoisotopic (exact) mass is 302 g/mol. The molecule has 1 N–H and O–H groups in total. The SMILES string of the molecule is CC(C)c1ccc(SCC(=O)NC2(C#N)CCCC2)cc1. The van der Waals surface area contributed by atoms with E-state index >= 15 is 0 Å². The zero-order valence-corrected chi connectivity index (χ0v) is 13.5. The summed E-state index contributed by atoms with van der Waals surface area (Å²) in [4.78, 5) is 13.1. The van der Waals surface area contributed by atoms with Crippen LogP contribution in [0.1, 0.15) is 51.0 Å². The van der Waals surface area contributed by atoms with Gasteiger partial charge in [0.1, 0.15) is 5.54 Å². The fourth-order valence-electron chi connectivity index (χ4n) is 2.64. The quantitative estimate of drug-likeness (QED) is 0.840. The van der Waals surface area contributed by atoms with Gasteiger partial charge in [-0.05, 0) is 49.3 Å². The molecule has 1 aliphatic rings. The number of rotatable bonds is 5. The fourth-order valence-corrected chi connectivity index (χ4v) is 3.34. The number of thioether (sulfide) groups is 1. The van der Waals surface area contributed by atoms with Crippen LogP contribution in [0.25, 0.3) is 0 Å². The summed E-state index contributed by atoms with van der Waals surface area (Å²) in [6.45, 7) is 4.33. The third-order valence-electron chi connectivity index (χ3n) is 3.97. The number of nitrogens with zero attached hydrogens (tertiary/aromatic N) is 1. The molecule has 1 aliphatic carbocycles. The van der Waals surface area contributed by atoms with E-state index in [1.54, 1.807) is 0 Å². The maximum atomic E-state index is 12.0. The van der Waals surface area contributed by atoms with E-state index in [0.717, 1.165) is 30.6 Å². The molecule has 1 aromatic carbocycles. The smallest absolute Gasteiger partial charge is 0.231 e. The van der Waals surface area contributed by atoms with Gasteiger partial charge in [0, 0.05) is 4.90 Å². The Hall–Kier alpha value is -1.47. The summed E-state index contributed by atoms with van der Waals surface area (Å²) in [7, 11) is 0. The first kappa shape index (κ1) is 15.9. The van der Waals surface area contributed by atoms with Gasteiger partial charge in [-0.15, -0.1) is 11.8 Å². The average Bonchev–Trinajstić information content (AvgIpc) is 2.94. The van der Waals surface area contributed by atoms with E-state index in [1.165, 1.54) is 17.3 Å². The zero-order chi connectivity index (χ0) is 15.3. The number of nitriles is 1. The number of carbonyl (C=O) groups excluding carboxylic acids is 1. The predicted octanol–water partition coefficient (Wildman–Crippen LogP) is 3.85. The Morgan fingerprint density at radius 1 is 1.33 bits per heavy atom. The number of hydrogen-bond acceptors (Lipinski definition) is 3. The summed E-state index contributed by atoms with van der Waals surface area (Å²) >= 11 is 1.52. The van der Waals surface area contributed by atoms with Crippen molar-refractivity contribution < 1.29 is 4.79 Å². The van der Waals surface area contributed by atoms with E-state index in [-0.39, 0.29) is 5.91 Å². The first-order valence-corrected chi connectivity index (χ1v) is 8.48. The van der Waals surface area contributed by atoms with Gasteiger partial charge < -0.3 is 5.32 Å². The molecule has 21 heavy (non-hydrogen) atoms. The van der Waals surface area contributed by atoms with Gasteiger partial charge in [0.25, 0.3) is 0 Å². The lowest BCUT2D eigenvalue weighted by molar-refractivity contribution is -0.119. The molecule has 0 radical (unpaired) electrons. The summed E-state index contributed by atoms with van der Waals surface area (Å²) in [5.41, 5.74) is 0.692. The topological polar surface area (TPSA) is 52.9 Å². The van der Waals surface area contributed by atoms with E-state index in [2.05, 4.69) is 49.5 Å². The maximum Gasteiger partial charge on any atom is 0.231 e. The van der Waals surface area contributed by atoms with Crippen LogP contribution in [0.15, 0.2) is 29.2 Å². The van der Waals surface area contributed by atoms with Crippen molar-refractivity contribution in [3.8, 4) is 6.07 Å². The molecular formula is C17H22N2OS. The van der Waals surface area contributed by atoms with E-state index < -0.39 is 5.54 Å². The van der Waals surface area contributed by atoms with Crippen molar-refractivity contribution in [3.63, 3.8) is 0 Å². The van der Waals surface area contributed by atoms with Crippen molar-refractivity contribution in [1.82, 2.24) is 5.32 Å². The summed E-state index contributed by atoms with van der Waals surface area (Å²) in [6.07, 6.45) is 3.61. The Bertz CT molecular complexity index is 525. The minimum atomic E-state index is -0.612. The highest BCUT2D eigenvalue weighted by atomic mass is 32.2. The number of amides is 1. The molecule has 0 bridgehead atoms. The number of hydrogen-bond donors (Lipinski definition) is 1. The van der Waals surface area contributed by atoms with Crippen LogP contribution in [0.4, 0.5) is 0 Å². The standard InChI is InChI=1S/C17H22N2OS/c1-13(2)14-5-7-15(8-6-14)21-11-16(20)19-17(12-18)9-3-4-10-17/h5-8,13H,3-4,9-11H2,1-2H3,(H,19,20). The van der Waals surface area contributed by atoms with Crippen LogP contribution in [-0.2, 0) is 4.79 Å². The fraction of sp³-hybridized carbons (Fsp3) is 0.529. The van der Waals surface area contributed by atoms with Crippen molar-refractivity contribution in [2.24, 2.45) is 0 Å². The van der Waals surface area contributed by atoms with Crippen molar-refractivity contribution >= 4 is 17.7 Å². The van der Waals surface area contributed by atoms with Gasteiger partial charge in [-0.3, -0.25) is 4.79 Å². The molecule has 2 rings (SSSR count). The molecule has 3 nitrogen and oxygen atoms in total. The van der Waals surface area contributed by atoms with Crippen molar-refractivity contribution in [3.05, 3.63) is 29.8 Å². The minimum absolute atomic E-state index is 0.0450. The normalized spacial score (nSPS) is 16.7. The van der Waals surface area contributed by atoms with Crippen LogP contribution in [0, 0.1) is 11.3 Å². The molecular weight excluding hydrogens is 280 g/mol. The second kappa shape index (κ2) is 7.00. The lowest BCUT2D eigenvalue weighted by Crippen LogP contribution is -2.45. The van der Waals surface area contributed by atoms with Crippen LogP contribution in [-0.4, -0.2) is 17.2 Å². The highest BCUT2D eigenvalue weighted by molar-refractivity contribution is 8.00. The van der Waals surface area contributed by atoms with Crippen molar-refractivity contribution in [2.75, 3.05) is 5.75 Å². The van der Waals surface area contributed by atoms with Crippen LogP contribution in [0.3, 0.4) is 0 Å². The molecule has 1 amide bonds. The van der Waals surface area contributed by atoms with Crippen LogP contribution >= 0.6 is 11.8 Å². The summed E-state index contributed by atoms with van der Waals surface area (Å²) < 4.78 is 0. The lowest BCUT2D eigenvalue weighted by atomic mass is 10.0. The van der Waals surface area contributed by atoms with E-state index in [1.807, 2.05) is 0 Å². The summed E-state index contributed by atoms with van der Waals surface area (Å²) in [5, 5.41) is 12.2. The van der Waals surface area contributed by atoms with Gasteiger partial charge in [-0.1, -0.05) is 26.0 Å². The van der Waals surface area contributed by atoms with Gasteiger partial charge in [-0.2, -0.15) is 5.26 Å². The molecule has 0 spiro atoms. The molecule has 0 saturated heterocycles. The Labute approximate surface area is 131 Å². The summed E-state index contributed by atoms with van der Waals surface area (Å²) in [6, 6.07) is 10.6. The molecule has 112 valence electrons. The Morgan fingerprint density at radius 3 is 2.48 bits per heavy atom. The summed E-state index contributed by atoms with van der Waals surface area (Å²) in [5.74, 6) is 0.839. The molecule has 1 saturated carbocycles. The minimum Gasteiger partial charge on any atom is -0.337 e. The molecule has 0 aromatic heterocycles. The molecule has 0 atom stereocenters. The molecule has 1 fully saturated rings. The molecule has 0 aliphatic heterocycles.